The smallest absolute Gasteiger partial charge is 0.230 e. The Morgan fingerprint density at radius 1 is 1.30 bits per heavy atom. The van der Waals surface area contributed by atoms with Crippen molar-refractivity contribution in [2.75, 3.05) is 5.32 Å². The van der Waals surface area contributed by atoms with Crippen LogP contribution in [0.4, 0.5) is 5.69 Å². The number of nitrogens with zero attached hydrogens (tertiary/aromatic N) is 2. The molecule has 1 aliphatic rings. The second-order valence-corrected chi connectivity index (χ2v) is 5.10. The van der Waals surface area contributed by atoms with Crippen molar-refractivity contribution < 1.29 is 9.90 Å². The Hall–Kier alpha value is -2.14. The maximum absolute atomic E-state index is 12.1. The molecular formula is C15H17N3O2. The van der Waals surface area contributed by atoms with Crippen LogP contribution in [0.2, 0.25) is 0 Å². The van der Waals surface area contributed by atoms with Crippen LogP contribution in [0, 0.1) is 5.92 Å². The standard InChI is InChI=1S/C15H17N3O2/c19-14-8-4-7-13(14)15(20)17-11-9-16-18(10-11)12-5-2-1-3-6-12/h1-3,5-6,9-10,13-14,19H,4,7-8H2,(H,17,20). The molecule has 1 saturated carbocycles. The highest BCUT2D eigenvalue weighted by atomic mass is 16.3. The van der Waals surface area contributed by atoms with Gasteiger partial charge in [0, 0.05) is 0 Å². The lowest BCUT2D eigenvalue weighted by Gasteiger charge is -2.13. The maximum atomic E-state index is 12.1. The Bertz CT molecular complexity index is 594. The molecule has 1 heterocycles. The van der Waals surface area contributed by atoms with E-state index in [0.29, 0.717) is 12.1 Å². The minimum atomic E-state index is -0.515. The van der Waals surface area contributed by atoms with Gasteiger partial charge in [-0.05, 0) is 31.4 Å². The third-order valence-electron chi connectivity index (χ3n) is 3.69. The van der Waals surface area contributed by atoms with Gasteiger partial charge in [-0.25, -0.2) is 4.68 Å². The summed E-state index contributed by atoms with van der Waals surface area (Å²) in [6, 6.07) is 9.70. The van der Waals surface area contributed by atoms with Gasteiger partial charge >= 0.3 is 0 Å². The van der Waals surface area contributed by atoms with Crippen LogP contribution in [0.25, 0.3) is 5.69 Å². The second kappa shape index (κ2) is 5.46. The molecule has 1 fully saturated rings. The Balaban J connectivity index is 1.70. The summed E-state index contributed by atoms with van der Waals surface area (Å²) in [5, 5.41) is 16.8. The molecule has 0 radical (unpaired) electrons. The Morgan fingerprint density at radius 2 is 2.10 bits per heavy atom. The quantitative estimate of drug-likeness (QED) is 0.897. The molecule has 1 aromatic carbocycles. The Morgan fingerprint density at radius 3 is 2.80 bits per heavy atom. The molecule has 2 unspecified atom stereocenters. The molecule has 1 aromatic heterocycles. The number of para-hydroxylation sites is 1. The predicted molar refractivity (Wildman–Crippen MR) is 75.5 cm³/mol. The molecule has 5 heteroatoms. The van der Waals surface area contributed by atoms with Crippen LogP contribution >= 0.6 is 0 Å². The van der Waals surface area contributed by atoms with Crippen molar-refractivity contribution in [3.63, 3.8) is 0 Å². The molecule has 20 heavy (non-hydrogen) atoms. The van der Waals surface area contributed by atoms with Crippen molar-refractivity contribution in [3.8, 4) is 5.69 Å². The van der Waals surface area contributed by atoms with E-state index in [2.05, 4.69) is 10.4 Å². The molecule has 0 bridgehead atoms. The molecule has 3 rings (SSSR count). The van der Waals surface area contributed by atoms with Gasteiger partial charge in [-0.15, -0.1) is 0 Å². The van der Waals surface area contributed by atoms with Crippen LogP contribution in [-0.2, 0) is 4.79 Å². The van der Waals surface area contributed by atoms with Gasteiger partial charge in [-0.3, -0.25) is 4.79 Å². The van der Waals surface area contributed by atoms with Crippen molar-refractivity contribution in [2.24, 2.45) is 5.92 Å². The lowest BCUT2D eigenvalue weighted by Crippen LogP contribution is -2.28. The fraction of sp³-hybridized carbons (Fsp3) is 0.333. The van der Waals surface area contributed by atoms with E-state index in [1.165, 1.54) is 0 Å². The zero-order chi connectivity index (χ0) is 13.9. The van der Waals surface area contributed by atoms with Crippen LogP contribution < -0.4 is 5.32 Å². The summed E-state index contributed by atoms with van der Waals surface area (Å²) >= 11 is 0. The molecule has 0 spiro atoms. The lowest BCUT2D eigenvalue weighted by atomic mass is 10.1. The third kappa shape index (κ3) is 2.58. The first kappa shape index (κ1) is 12.9. The van der Waals surface area contributed by atoms with E-state index in [-0.39, 0.29) is 11.8 Å². The normalized spacial score (nSPS) is 21.9. The summed E-state index contributed by atoms with van der Waals surface area (Å²) in [6.45, 7) is 0. The van der Waals surface area contributed by atoms with E-state index in [9.17, 15) is 9.90 Å². The Labute approximate surface area is 117 Å². The third-order valence-corrected chi connectivity index (χ3v) is 3.69. The van der Waals surface area contributed by atoms with Crippen LogP contribution in [0.3, 0.4) is 0 Å². The first-order valence-electron chi connectivity index (χ1n) is 6.83. The number of carbonyl (C=O) groups excluding carboxylic acids is 1. The number of nitrogens with one attached hydrogen (secondary N) is 1. The van der Waals surface area contributed by atoms with E-state index >= 15 is 0 Å². The number of amides is 1. The molecule has 2 aromatic rings. The van der Waals surface area contributed by atoms with Crippen molar-refractivity contribution in [3.05, 3.63) is 42.7 Å². The summed E-state index contributed by atoms with van der Waals surface area (Å²) < 4.78 is 1.71. The van der Waals surface area contributed by atoms with Gasteiger partial charge in [0.05, 0.1) is 35.8 Å². The van der Waals surface area contributed by atoms with Crippen LogP contribution in [0.15, 0.2) is 42.7 Å². The number of hydrogen-bond donors (Lipinski definition) is 2. The van der Waals surface area contributed by atoms with E-state index < -0.39 is 6.10 Å². The Kier molecular flexibility index (Phi) is 3.52. The summed E-state index contributed by atoms with van der Waals surface area (Å²) in [6.07, 6.45) is 5.24. The largest absolute Gasteiger partial charge is 0.392 e. The SMILES string of the molecule is O=C(Nc1cnn(-c2ccccc2)c1)C1CCCC1O. The number of carbonyl (C=O) groups is 1. The minimum Gasteiger partial charge on any atom is -0.392 e. The number of aliphatic hydroxyl groups excluding tert-OH is 1. The highest BCUT2D eigenvalue weighted by Crippen LogP contribution is 2.26. The summed E-state index contributed by atoms with van der Waals surface area (Å²) in [5.41, 5.74) is 1.59. The second-order valence-electron chi connectivity index (χ2n) is 5.10. The highest BCUT2D eigenvalue weighted by molar-refractivity contribution is 5.92. The average molecular weight is 271 g/mol. The number of aliphatic hydroxyl groups is 1. The summed E-state index contributed by atoms with van der Waals surface area (Å²) in [5.74, 6) is -0.419. The van der Waals surface area contributed by atoms with Gasteiger partial charge in [0.1, 0.15) is 0 Å². The number of hydrogen-bond acceptors (Lipinski definition) is 3. The zero-order valence-electron chi connectivity index (χ0n) is 11.1. The average Bonchev–Trinajstić information content (AvgIpc) is 3.09. The van der Waals surface area contributed by atoms with Gasteiger partial charge in [-0.2, -0.15) is 5.10 Å². The number of anilines is 1. The molecule has 1 amide bonds. The van der Waals surface area contributed by atoms with Gasteiger partial charge in [0.25, 0.3) is 0 Å². The van der Waals surface area contributed by atoms with Crippen molar-refractivity contribution >= 4 is 11.6 Å². The van der Waals surface area contributed by atoms with Crippen molar-refractivity contribution in [1.29, 1.82) is 0 Å². The molecule has 5 nitrogen and oxygen atoms in total. The molecular weight excluding hydrogens is 254 g/mol. The van der Waals surface area contributed by atoms with E-state index in [4.69, 9.17) is 0 Å². The molecule has 2 N–H and O–H groups in total. The molecule has 0 saturated heterocycles. The van der Waals surface area contributed by atoms with Crippen LogP contribution in [0.5, 0.6) is 0 Å². The van der Waals surface area contributed by atoms with E-state index in [1.54, 1.807) is 17.1 Å². The first-order chi connectivity index (χ1) is 9.74. The number of aromatic nitrogens is 2. The molecule has 2 atom stereocenters. The monoisotopic (exact) mass is 271 g/mol. The fourth-order valence-electron chi connectivity index (χ4n) is 2.59. The zero-order valence-corrected chi connectivity index (χ0v) is 11.1. The molecule has 0 aliphatic heterocycles. The van der Waals surface area contributed by atoms with Crippen molar-refractivity contribution in [1.82, 2.24) is 9.78 Å². The van der Waals surface area contributed by atoms with Crippen LogP contribution in [0.1, 0.15) is 19.3 Å². The fourth-order valence-corrected chi connectivity index (χ4v) is 2.59. The number of rotatable bonds is 3. The van der Waals surface area contributed by atoms with Crippen LogP contribution in [-0.4, -0.2) is 26.9 Å². The maximum Gasteiger partial charge on any atom is 0.230 e. The topological polar surface area (TPSA) is 67.2 Å². The highest BCUT2D eigenvalue weighted by Gasteiger charge is 2.31. The minimum absolute atomic E-state index is 0.123. The van der Waals surface area contributed by atoms with Gasteiger partial charge in [-0.1, -0.05) is 18.2 Å². The van der Waals surface area contributed by atoms with E-state index in [1.807, 2.05) is 30.3 Å². The number of benzene rings is 1. The van der Waals surface area contributed by atoms with E-state index in [0.717, 1.165) is 18.5 Å². The summed E-state index contributed by atoms with van der Waals surface area (Å²) in [4.78, 5) is 12.1. The van der Waals surface area contributed by atoms with Crippen molar-refractivity contribution in [2.45, 2.75) is 25.4 Å². The predicted octanol–water partition coefficient (Wildman–Crippen LogP) is 1.97. The van der Waals surface area contributed by atoms with Gasteiger partial charge in [0.15, 0.2) is 0 Å². The lowest BCUT2D eigenvalue weighted by molar-refractivity contribution is -0.122. The summed E-state index contributed by atoms with van der Waals surface area (Å²) in [7, 11) is 0. The first-order valence-corrected chi connectivity index (χ1v) is 6.83. The molecule has 104 valence electrons. The van der Waals surface area contributed by atoms with Gasteiger partial charge in [0.2, 0.25) is 5.91 Å². The van der Waals surface area contributed by atoms with Gasteiger partial charge < -0.3 is 10.4 Å². The molecule has 1 aliphatic carbocycles.